The van der Waals surface area contributed by atoms with E-state index in [1.165, 1.54) is 89.0 Å². The first kappa shape index (κ1) is 28.7. The SMILES string of the molecule is CCCCCCCCCCCCCCCCC(=O)NC(C)C[N+](C)(C)Cc1ccccc1. The molecule has 0 saturated carbocycles. The van der Waals surface area contributed by atoms with Crippen LogP contribution >= 0.6 is 0 Å². The van der Waals surface area contributed by atoms with Crippen molar-refractivity contribution < 1.29 is 9.28 Å². The number of nitrogens with zero attached hydrogens (tertiary/aromatic N) is 1. The number of likely N-dealkylation sites (N-methyl/N-ethyl adjacent to an activating group) is 1. The first-order valence-electron chi connectivity index (χ1n) is 13.6. The number of benzene rings is 1. The molecule has 0 saturated heterocycles. The highest BCUT2D eigenvalue weighted by Gasteiger charge is 2.20. The van der Waals surface area contributed by atoms with Gasteiger partial charge in [0.05, 0.1) is 26.7 Å². The molecule has 1 unspecified atom stereocenters. The molecule has 1 N–H and O–H groups in total. The second-order valence-corrected chi connectivity index (χ2v) is 10.6. The van der Waals surface area contributed by atoms with E-state index in [0.717, 1.165) is 24.0 Å². The molecule has 1 rings (SSSR count). The predicted octanol–water partition coefficient (Wildman–Crippen LogP) is 7.64. The van der Waals surface area contributed by atoms with Crippen LogP contribution < -0.4 is 5.32 Å². The third-order valence-electron chi connectivity index (χ3n) is 6.39. The number of hydrogen-bond donors (Lipinski definition) is 1. The van der Waals surface area contributed by atoms with Crippen molar-refractivity contribution in [1.82, 2.24) is 5.32 Å². The molecular formula is C29H53N2O+. The molecule has 0 fully saturated rings. The van der Waals surface area contributed by atoms with E-state index in [-0.39, 0.29) is 11.9 Å². The zero-order valence-electron chi connectivity index (χ0n) is 21.8. The second kappa shape index (κ2) is 18.1. The Morgan fingerprint density at radius 3 is 1.75 bits per heavy atom. The lowest BCUT2D eigenvalue weighted by atomic mass is 10.0. The van der Waals surface area contributed by atoms with Crippen molar-refractivity contribution in [3.05, 3.63) is 35.9 Å². The van der Waals surface area contributed by atoms with Crippen molar-refractivity contribution in [3.8, 4) is 0 Å². The van der Waals surface area contributed by atoms with Crippen molar-refractivity contribution in [2.24, 2.45) is 0 Å². The topological polar surface area (TPSA) is 29.1 Å². The summed E-state index contributed by atoms with van der Waals surface area (Å²) >= 11 is 0. The summed E-state index contributed by atoms with van der Waals surface area (Å²) in [6.45, 7) is 6.35. The van der Waals surface area contributed by atoms with Gasteiger partial charge < -0.3 is 9.80 Å². The summed E-state index contributed by atoms with van der Waals surface area (Å²) in [4.78, 5) is 12.3. The van der Waals surface area contributed by atoms with Crippen LogP contribution in [0.5, 0.6) is 0 Å². The highest BCUT2D eigenvalue weighted by Crippen LogP contribution is 2.14. The Morgan fingerprint density at radius 2 is 1.25 bits per heavy atom. The van der Waals surface area contributed by atoms with E-state index in [1.807, 2.05) is 0 Å². The van der Waals surface area contributed by atoms with E-state index >= 15 is 0 Å². The zero-order valence-corrected chi connectivity index (χ0v) is 21.8. The lowest BCUT2D eigenvalue weighted by molar-refractivity contribution is -0.904. The second-order valence-electron chi connectivity index (χ2n) is 10.6. The molecule has 0 spiro atoms. The van der Waals surface area contributed by atoms with Gasteiger partial charge in [-0.3, -0.25) is 4.79 Å². The number of carbonyl (C=O) groups excluding carboxylic acids is 1. The van der Waals surface area contributed by atoms with Crippen LogP contribution in [-0.4, -0.2) is 37.1 Å². The Morgan fingerprint density at radius 1 is 0.781 bits per heavy atom. The van der Waals surface area contributed by atoms with Crippen molar-refractivity contribution >= 4 is 5.91 Å². The molecule has 1 amide bonds. The fourth-order valence-electron chi connectivity index (χ4n) is 4.76. The van der Waals surface area contributed by atoms with Gasteiger partial charge in [-0.05, 0) is 13.3 Å². The summed E-state index contributed by atoms with van der Waals surface area (Å²) in [5.74, 6) is 0.219. The molecule has 1 aromatic carbocycles. The van der Waals surface area contributed by atoms with Crippen LogP contribution in [-0.2, 0) is 11.3 Å². The predicted molar refractivity (Wildman–Crippen MR) is 140 cm³/mol. The quantitative estimate of drug-likeness (QED) is 0.162. The summed E-state index contributed by atoms with van der Waals surface area (Å²) < 4.78 is 0.879. The van der Waals surface area contributed by atoms with Gasteiger partial charge in [0.15, 0.2) is 0 Å². The summed E-state index contributed by atoms with van der Waals surface area (Å²) in [7, 11) is 4.48. The van der Waals surface area contributed by atoms with E-state index in [4.69, 9.17) is 0 Å². The minimum Gasteiger partial charge on any atom is -0.348 e. The smallest absolute Gasteiger partial charge is 0.220 e. The molecule has 0 aliphatic heterocycles. The average molecular weight is 446 g/mol. The highest BCUT2D eigenvalue weighted by molar-refractivity contribution is 5.76. The molecule has 0 heterocycles. The molecule has 1 aromatic rings. The van der Waals surface area contributed by atoms with E-state index in [9.17, 15) is 4.79 Å². The van der Waals surface area contributed by atoms with Gasteiger partial charge in [0.25, 0.3) is 0 Å². The van der Waals surface area contributed by atoms with Crippen LogP contribution in [0.3, 0.4) is 0 Å². The van der Waals surface area contributed by atoms with Crippen LogP contribution in [0.2, 0.25) is 0 Å². The molecule has 3 heteroatoms. The normalized spacial score (nSPS) is 12.6. The molecule has 0 aliphatic rings. The van der Waals surface area contributed by atoms with E-state index in [0.29, 0.717) is 6.42 Å². The largest absolute Gasteiger partial charge is 0.348 e. The van der Waals surface area contributed by atoms with Crippen molar-refractivity contribution in [3.63, 3.8) is 0 Å². The van der Waals surface area contributed by atoms with Gasteiger partial charge in [-0.25, -0.2) is 0 Å². The Kier molecular flexibility index (Phi) is 16.2. The fraction of sp³-hybridized carbons (Fsp3) is 0.759. The van der Waals surface area contributed by atoms with Crippen LogP contribution in [0.1, 0.15) is 116 Å². The first-order valence-corrected chi connectivity index (χ1v) is 13.6. The van der Waals surface area contributed by atoms with Crippen LogP contribution in [0, 0.1) is 0 Å². The number of amides is 1. The minimum absolute atomic E-state index is 0.202. The fourth-order valence-corrected chi connectivity index (χ4v) is 4.76. The van der Waals surface area contributed by atoms with Gasteiger partial charge in [0.1, 0.15) is 6.54 Å². The molecule has 0 radical (unpaired) electrons. The van der Waals surface area contributed by atoms with Gasteiger partial charge >= 0.3 is 0 Å². The Hall–Kier alpha value is -1.35. The van der Waals surface area contributed by atoms with Gasteiger partial charge in [0.2, 0.25) is 5.91 Å². The first-order chi connectivity index (χ1) is 15.4. The van der Waals surface area contributed by atoms with Gasteiger partial charge in [-0.2, -0.15) is 0 Å². The molecule has 1 atom stereocenters. The Labute approximate surface area is 200 Å². The van der Waals surface area contributed by atoms with E-state index < -0.39 is 0 Å². The summed E-state index contributed by atoms with van der Waals surface area (Å²) in [5, 5.41) is 3.21. The van der Waals surface area contributed by atoms with Gasteiger partial charge in [-0.1, -0.05) is 121 Å². The standard InChI is InChI=1S/C29H52N2O/c1-5-6-7-8-9-10-11-12-13-14-15-16-17-21-24-29(32)30-27(2)25-31(3,4)26-28-22-19-18-20-23-28/h18-20,22-23,27H,5-17,21,24-26H2,1-4H3/p+1. The molecule has 184 valence electrons. The summed E-state index contributed by atoms with van der Waals surface area (Å²) in [6, 6.07) is 10.8. The van der Waals surface area contributed by atoms with Crippen molar-refractivity contribution in [2.45, 2.75) is 123 Å². The molecular weight excluding hydrogens is 392 g/mol. The van der Waals surface area contributed by atoms with E-state index in [1.54, 1.807) is 0 Å². The number of quaternary nitrogens is 1. The van der Waals surface area contributed by atoms with Gasteiger partial charge in [-0.15, -0.1) is 0 Å². The van der Waals surface area contributed by atoms with Crippen LogP contribution in [0.4, 0.5) is 0 Å². The lowest BCUT2D eigenvalue weighted by Crippen LogP contribution is -2.49. The van der Waals surface area contributed by atoms with Crippen molar-refractivity contribution in [2.75, 3.05) is 20.6 Å². The van der Waals surface area contributed by atoms with Crippen molar-refractivity contribution in [1.29, 1.82) is 0 Å². The number of rotatable bonds is 20. The average Bonchev–Trinajstić information content (AvgIpc) is 2.73. The molecule has 0 aliphatic carbocycles. The van der Waals surface area contributed by atoms with E-state index in [2.05, 4.69) is 63.6 Å². The third-order valence-corrected chi connectivity index (χ3v) is 6.39. The number of nitrogens with one attached hydrogen (secondary N) is 1. The lowest BCUT2D eigenvalue weighted by Gasteiger charge is -2.32. The molecule has 3 nitrogen and oxygen atoms in total. The molecule has 0 aromatic heterocycles. The number of carbonyl (C=O) groups is 1. The minimum atomic E-state index is 0.202. The van der Waals surface area contributed by atoms with Crippen LogP contribution in [0.15, 0.2) is 30.3 Å². The maximum absolute atomic E-state index is 12.3. The Balaban J connectivity index is 1.96. The Bertz CT molecular complexity index is 570. The van der Waals surface area contributed by atoms with Crippen LogP contribution in [0.25, 0.3) is 0 Å². The number of hydrogen-bond acceptors (Lipinski definition) is 1. The molecule has 32 heavy (non-hydrogen) atoms. The summed E-state index contributed by atoms with van der Waals surface area (Å²) in [5.41, 5.74) is 1.35. The maximum atomic E-state index is 12.3. The maximum Gasteiger partial charge on any atom is 0.220 e. The number of unbranched alkanes of at least 4 members (excludes halogenated alkanes) is 13. The molecule has 0 bridgehead atoms. The highest BCUT2D eigenvalue weighted by atomic mass is 16.1. The monoisotopic (exact) mass is 445 g/mol. The van der Waals surface area contributed by atoms with Gasteiger partial charge in [0, 0.05) is 12.0 Å². The summed E-state index contributed by atoms with van der Waals surface area (Å²) in [6.07, 6.45) is 19.6. The third kappa shape index (κ3) is 16.3. The zero-order chi connectivity index (χ0) is 23.5.